The van der Waals surface area contributed by atoms with E-state index in [0.29, 0.717) is 21.8 Å². The van der Waals surface area contributed by atoms with E-state index < -0.39 is 0 Å². The molecule has 2 rings (SSSR count). The van der Waals surface area contributed by atoms with Crippen molar-refractivity contribution in [2.24, 2.45) is 0 Å². The molecule has 0 aromatic carbocycles. The summed E-state index contributed by atoms with van der Waals surface area (Å²) in [5.74, 6) is 0.548. The Balaban J connectivity index is 1.96. The van der Waals surface area contributed by atoms with Gasteiger partial charge in [0.25, 0.3) is 0 Å². The molecule has 0 saturated carbocycles. The molecule has 1 aromatic heterocycles. The van der Waals surface area contributed by atoms with Gasteiger partial charge in [0.2, 0.25) is 0 Å². The summed E-state index contributed by atoms with van der Waals surface area (Å²) in [6.07, 6.45) is 3.27. The fourth-order valence-electron chi connectivity index (χ4n) is 1.64. The highest BCUT2D eigenvalue weighted by atomic mass is 35.5. The Labute approximate surface area is 105 Å². The number of hydrogen-bond donors (Lipinski definition) is 0. The van der Waals surface area contributed by atoms with Crippen molar-refractivity contribution in [3.8, 4) is 5.75 Å². The lowest BCUT2D eigenvalue weighted by Crippen LogP contribution is -2.56. The molecule has 0 N–H and O–H groups in total. The van der Waals surface area contributed by atoms with Crippen molar-refractivity contribution in [2.45, 2.75) is 26.0 Å². The Morgan fingerprint density at radius 2 is 1.88 bits per heavy atom. The van der Waals surface area contributed by atoms with E-state index in [2.05, 4.69) is 23.7 Å². The number of hydrogen-bond acceptors (Lipinski definition) is 3. The van der Waals surface area contributed by atoms with Crippen LogP contribution in [0, 0.1) is 0 Å². The second kappa shape index (κ2) is 4.78. The third-order valence-electron chi connectivity index (χ3n) is 2.70. The predicted octanol–water partition coefficient (Wildman–Crippen LogP) is 2.86. The minimum atomic E-state index is 0.180. The van der Waals surface area contributed by atoms with E-state index in [9.17, 15) is 0 Å². The van der Waals surface area contributed by atoms with Crippen LogP contribution in [0.15, 0.2) is 12.4 Å². The van der Waals surface area contributed by atoms with Gasteiger partial charge in [0.15, 0.2) is 5.75 Å². The Morgan fingerprint density at radius 3 is 2.38 bits per heavy atom. The second-order valence-electron chi connectivity index (χ2n) is 4.22. The first kappa shape index (κ1) is 12.0. The average Bonchev–Trinajstić information content (AvgIpc) is 2.13. The third kappa shape index (κ3) is 2.42. The lowest BCUT2D eigenvalue weighted by atomic mass is 10.1. The van der Waals surface area contributed by atoms with Crippen LogP contribution in [0.25, 0.3) is 0 Å². The van der Waals surface area contributed by atoms with E-state index in [4.69, 9.17) is 27.9 Å². The van der Waals surface area contributed by atoms with E-state index in [-0.39, 0.29) is 6.10 Å². The molecular formula is C11H14Cl2N2O. The first-order valence-corrected chi connectivity index (χ1v) is 6.03. The van der Waals surface area contributed by atoms with Gasteiger partial charge in [-0.2, -0.15) is 0 Å². The zero-order valence-electron chi connectivity index (χ0n) is 9.28. The van der Waals surface area contributed by atoms with Crippen molar-refractivity contribution in [1.29, 1.82) is 0 Å². The van der Waals surface area contributed by atoms with Crippen LogP contribution in [0.3, 0.4) is 0 Å². The first-order valence-electron chi connectivity index (χ1n) is 5.27. The van der Waals surface area contributed by atoms with Crippen LogP contribution in [0.4, 0.5) is 0 Å². The van der Waals surface area contributed by atoms with Gasteiger partial charge < -0.3 is 4.74 Å². The lowest BCUT2D eigenvalue weighted by molar-refractivity contribution is 0.000218. The maximum Gasteiger partial charge on any atom is 0.160 e. The highest BCUT2D eigenvalue weighted by Gasteiger charge is 2.31. The van der Waals surface area contributed by atoms with Gasteiger partial charge in [-0.3, -0.25) is 9.88 Å². The minimum absolute atomic E-state index is 0.180. The van der Waals surface area contributed by atoms with E-state index in [1.54, 1.807) is 12.4 Å². The fraction of sp³-hybridized carbons (Fsp3) is 0.545. The van der Waals surface area contributed by atoms with Crippen LogP contribution in [0.2, 0.25) is 10.0 Å². The molecule has 5 heteroatoms. The normalized spacial score (nSPS) is 17.6. The van der Waals surface area contributed by atoms with Crippen molar-refractivity contribution >= 4 is 23.2 Å². The van der Waals surface area contributed by atoms with Crippen LogP contribution in [0.1, 0.15) is 13.8 Å². The number of aromatic nitrogens is 1. The number of nitrogens with zero attached hydrogens (tertiary/aromatic N) is 2. The molecule has 0 bridgehead atoms. The quantitative estimate of drug-likeness (QED) is 0.836. The van der Waals surface area contributed by atoms with Crippen molar-refractivity contribution in [3.05, 3.63) is 22.4 Å². The smallest absolute Gasteiger partial charge is 0.160 e. The van der Waals surface area contributed by atoms with Gasteiger partial charge in [-0.05, 0) is 13.8 Å². The zero-order valence-corrected chi connectivity index (χ0v) is 10.8. The van der Waals surface area contributed by atoms with E-state index >= 15 is 0 Å². The zero-order chi connectivity index (χ0) is 11.7. The van der Waals surface area contributed by atoms with E-state index in [1.807, 2.05) is 0 Å². The van der Waals surface area contributed by atoms with Gasteiger partial charge in [0.05, 0.1) is 0 Å². The number of rotatable bonds is 3. The highest BCUT2D eigenvalue weighted by Crippen LogP contribution is 2.33. The van der Waals surface area contributed by atoms with Crippen LogP contribution in [0.5, 0.6) is 5.75 Å². The summed E-state index contributed by atoms with van der Waals surface area (Å²) in [5, 5.41) is 0.936. The van der Waals surface area contributed by atoms with Crippen LogP contribution in [-0.2, 0) is 0 Å². The van der Waals surface area contributed by atoms with Gasteiger partial charge >= 0.3 is 0 Å². The molecule has 1 aromatic rings. The summed E-state index contributed by atoms with van der Waals surface area (Å²) in [7, 11) is 0. The molecule has 1 aliphatic rings. The monoisotopic (exact) mass is 260 g/mol. The van der Waals surface area contributed by atoms with Crippen molar-refractivity contribution in [3.63, 3.8) is 0 Å². The largest absolute Gasteiger partial charge is 0.484 e. The van der Waals surface area contributed by atoms with Gasteiger partial charge in [-0.15, -0.1) is 0 Å². The molecule has 1 saturated heterocycles. The number of halogens is 2. The average molecular weight is 261 g/mol. The van der Waals surface area contributed by atoms with Crippen molar-refractivity contribution in [2.75, 3.05) is 13.1 Å². The molecule has 0 atom stereocenters. The summed E-state index contributed by atoms with van der Waals surface area (Å²) < 4.78 is 5.75. The molecule has 88 valence electrons. The fourth-order valence-corrected chi connectivity index (χ4v) is 2.10. The highest BCUT2D eigenvalue weighted by molar-refractivity contribution is 6.36. The summed E-state index contributed by atoms with van der Waals surface area (Å²) >= 11 is 11.9. The summed E-state index contributed by atoms with van der Waals surface area (Å²) in [5.41, 5.74) is 0. The maximum atomic E-state index is 5.97. The molecule has 0 spiro atoms. The third-order valence-corrected chi connectivity index (χ3v) is 3.24. The standard InChI is InChI=1S/C11H14Cl2N2O/c1-7(2)15-5-8(6-15)16-11-9(12)3-14-4-10(11)13/h3-4,7-8H,5-6H2,1-2H3. The Hall–Kier alpha value is -0.510. The lowest BCUT2D eigenvalue weighted by Gasteiger charge is -2.41. The first-order chi connectivity index (χ1) is 7.58. The topological polar surface area (TPSA) is 25.4 Å². The molecule has 0 amide bonds. The van der Waals surface area contributed by atoms with Crippen LogP contribution >= 0.6 is 23.2 Å². The molecule has 1 fully saturated rings. The predicted molar refractivity (Wildman–Crippen MR) is 65.4 cm³/mol. The molecule has 3 nitrogen and oxygen atoms in total. The molecule has 0 aliphatic carbocycles. The SMILES string of the molecule is CC(C)N1CC(Oc2c(Cl)cncc2Cl)C1. The maximum absolute atomic E-state index is 5.97. The second-order valence-corrected chi connectivity index (χ2v) is 5.03. The Morgan fingerprint density at radius 1 is 1.31 bits per heavy atom. The van der Waals surface area contributed by atoms with Gasteiger partial charge in [-0.25, -0.2) is 0 Å². The Kier molecular flexibility index (Phi) is 3.57. The van der Waals surface area contributed by atoms with Crippen molar-refractivity contribution in [1.82, 2.24) is 9.88 Å². The molecular weight excluding hydrogens is 247 g/mol. The minimum Gasteiger partial charge on any atom is -0.484 e. The van der Waals surface area contributed by atoms with E-state index in [0.717, 1.165) is 13.1 Å². The van der Waals surface area contributed by atoms with Crippen molar-refractivity contribution < 1.29 is 4.74 Å². The van der Waals surface area contributed by atoms with Gasteiger partial charge in [-0.1, -0.05) is 23.2 Å². The Bertz CT molecular complexity index is 358. The van der Waals surface area contributed by atoms with E-state index in [1.165, 1.54) is 0 Å². The van der Waals surface area contributed by atoms with Crippen LogP contribution in [-0.4, -0.2) is 35.1 Å². The van der Waals surface area contributed by atoms with Gasteiger partial charge in [0, 0.05) is 31.5 Å². The molecule has 2 heterocycles. The number of likely N-dealkylation sites (tertiary alicyclic amines) is 1. The summed E-state index contributed by atoms with van der Waals surface area (Å²) in [6.45, 7) is 6.19. The molecule has 0 radical (unpaired) electrons. The van der Waals surface area contributed by atoms with Gasteiger partial charge in [0.1, 0.15) is 16.1 Å². The number of pyridine rings is 1. The summed E-state index contributed by atoms with van der Waals surface area (Å²) in [6, 6.07) is 0.559. The number of ether oxygens (including phenoxy) is 1. The molecule has 0 unspecified atom stereocenters. The summed E-state index contributed by atoms with van der Waals surface area (Å²) in [4.78, 5) is 6.21. The van der Waals surface area contributed by atoms with Crippen LogP contribution < -0.4 is 4.74 Å². The molecule has 16 heavy (non-hydrogen) atoms. The molecule has 1 aliphatic heterocycles.